The zero-order valence-electron chi connectivity index (χ0n) is 14.8. The van der Waals surface area contributed by atoms with E-state index in [4.69, 9.17) is 4.74 Å². The van der Waals surface area contributed by atoms with Gasteiger partial charge in [0.05, 0.1) is 13.2 Å². The molecule has 2 rings (SSSR count). The fourth-order valence-corrected chi connectivity index (χ4v) is 2.72. The first-order chi connectivity index (χ1) is 12.1. The van der Waals surface area contributed by atoms with Gasteiger partial charge in [0.1, 0.15) is 11.4 Å². The summed E-state index contributed by atoms with van der Waals surface area (Å²) in [5, 5.41) is 8.92. The van der Waals surface area contributed by atoms with Crippen molar-refractivity contribution in [2.75, 3.05) is 26.7 Å². The summed E-state index contributed by atoms with van der Waals surface area (Å²) in [6.07, 6.45) is 0. The second-order valence-electron chi connectivity index (χ2n) is 5.53. The van der Waals surface area contributed by atoms with Crippen molar-refractivity contribution in [2.24, 2.45) is 0 Å². The molecule has 0 spiro atoms. The van der Waals surface area contributed by atoms with Crippen LogP contribution in [0.1, 0.15) is 35.9 Å². The maximum absolute atomic E-state index is 12.3. The smallest absolute Gasteiger partial charge is 0.271 e. The molecule has 1 heterocycles. The molecule has 0 aliphatic carbocycles. The summed E-state index contributed by atoms with van der Waals surface area (Å²) in [5.74, 6) is 0.458. The summed E-state index contributed by atoms with van der Waals surface area (Å²) < 4.78 is 5.31. The number of rotatable bonds is 8. The number of nitrogens with zero attached hydrogens (tertiary/aromatic N) is 2. The quantitative estimate of drug-likeness (QED) is 0.759. The molecule has 0 aliphatic heterocycles. The van der Waals surface area contributed by atoms with Gasteiger partial charge in [-0.15, -0.1) is 0 Å². The molecule has 0 unspecified atom stereocenters. The summed E-state index contributed by atoms with van der Waals surface area (Å²) in [7, 11) is 1.63. The summed E-state index contributed by atoms with van der Waals surface area (Å²) in [6, 6.07) is 10.5. The van der Waals surface area contributed by atoms with Crippen molar-refractivity contribution in [1.82, 2.24) is 20.4 Å². The van der Waals surface area contributed by atoms with E-state index in [1.165, 1.54) is 12.1 Å². The lowest BCUT2D eigenvalue weighted by Crippen LogP contribution is -2.38. The van der Waals surface area contributed by atoms with Gasteiger partial charge in [0.25, 0.3) is 11.5 Å². The Kier molecular flexibility index (Phi) is 6.71. The van der Waals surface area contributed by atoms with Crippen LogP contribution >= 0.6 is 0 Å². The van der Waals surface area contributed by atoms with Crippen LogP contribution in [0, 0.1) is 0 Å². The van der Waals surface area contributed by atoms with Crippen molar-refractivity contribution in [1.29, 1.82) is 0 Å². The largest absolute Gasteiger partial charge is 0.497 e. The van der Waals surface area contributed by atoms with E-state index in [0.29, 0.717) is 6.54 Å². The standard InChI is InChI=1S/C18H24N4O3/c1-4-22(5-2)16(13-7-6-8-14(11-13)25-3)12-19-18(24)15-9-10-17(23)21-20-15/h6-11,16H,4-5,12H2,1-3H3,(H,19,24)(H,21,23)/t16-/m0/s1. The first kappa shape index (κ1) is 18.7. The number of aromatic amines is 1. The van der Waals surface area contributed by atoms with Crippen LogP contribution < -0.4 is 15.6 Å². The molecule has 1 amide bonds. The van der Waals surface area contributed by atoms with Gasteiger partial charge < -0.3 is 10.1 Å². The molecule has 7 heteroatoms. The van der Waals surface area contributed by atoms with Gasteiger partial charge in [-0.3, -0.25) is 14.5 Å². The number of benzene rings is 1. The van der Waals surface area contributed by atoms with E-state index < -0.39 is 0 Å². The predicted molar refractivity (Wildman–Crippen MR) is 95.8 cm³/mol. The Morgan fingerprint density at radius 1 is 1.28 bits per heavy atom. The first-order valence-electron chi connectivity index (χ1n) is 8.31. The third-order valence-corrected chi connectivity index (χ3v) is 4.10. The number of hydrogen-bond acceptors (Lipinski definition) is 5. The van der Waals surface area contributed by atoms with Gasteiger partial charge in [0.15, 0.2) is 0 Å². The number of likely N-dealkylation sites (N-methyl/N-ethyl adjacent to an activating group) is 1. The average Bonchev–Trinajstić information content (AvgIpc) is 2.65. The van der Waals surface area contributed by atoms with Crippen molar-refractivity contribution < 1.29 is 9.53 Å². The Balaban J connectivity index is 2.17. The summed E-state index contributed by atoms with van der Waals surface area (Å²) in [6.45, 7) is 6.30. The van der Waals surface area contributed by atoms with Gasteiger partial charge in [-0.1, -0.05) is 26.0 Å². The highest BCUT2D eigenvalue weighted by atomic mass is 16.5. The lowest BCUT2D eigenvalue weighted by molar-refractivity contribution is 0.0929. The number of ether oxygens (including phenoxy) is 1. The molecule has 0 radical (unpaired) electrons. The molecule has 0 bridgehead atoms. The Labute approximate surface area is 147 Å². The number of methoxy groups -OCH3 is 1. The monoisotopic (exact) mass is 344 g/mol. The van der Waals surface area contributed by atoms with E-state index in [2.05, 4.69) is 34.3 Å². The maximum atomic E-state index is 12.3. The topological polar surface area (TPSA) is 87.3 Å². The molecule has 1 atom stereocenters. The van der Waals surface area contributed by atoms with Crippen LogP contribution in [0.2, 0.25) is 0 Å². The Bertz CT molecular complexity index is 735. The van der Waals surface area contributed by atoms with Crippen LogP contribution in [0.3, 0.4) is 0 Å². The molecule has 0 saturated heterocycles. The van der Waals surface area contributed by atoms with Crippen LogP contribution in [-0.4, -0.2) is 47.7 Å². The van der Waals surface area contributed by atoms with Crippen molar-refractivity contribution in [2.45, 2.75) is 19.9 Å². The van der Waals surface area contributed by atoms with E-state index in [1.807, 2.05) is 24.3 Å². The van der Waals surface area contributed by atoms with Gasteiger partial charge in [0, 0.05) is 12.6 Å². The SMILES string of the molecule is CCN(CC)[C@@H](CNC(=O)c1ccc(=O)[nH]n1)c1cccc(OC)c1. The number of aromatic nitrogens is 2. The van der Waals surface area contributed by atoms with Gasteiger partial charge in [-0.2, -0.15) is 5.10 Å². The molecular formula is C18H24N4O3. The number of amides is 1. The molecule has 2 N–H and O–H groups in total. The predicted octanol–water partition coefficient (Wildman–Crippen LogP) is 1.59. The Morgan fingerprint density at radius 2 is 2.04 bits per heavy atom. The van der Waals surface area contributed by atoms with Crippen LogP contribution in [0.5, 0.6) is 5.75 Å². The number of carbonyl (C=O) groups excluding carboxylic acids is 1. The van der Waals surface area contributed by atoms with E-state index in [0.717, 1.165) is 24.4 Å². The minimum atomic E-state index is -0.339. The Hall–Kier alpha value is -2.67. The zero-order valence-corrected chi connectivity index (χ0v) is 14.8. The fraction of sp³-hybridized carbons (Fsp3) is 0.389. The molecule has 134 valence electrons. The van der Waals surface area contributed by atoms with E-state index >= 15 is 0 Å². The second-order valence-corrected chi connectivity index (χ2v) is 5.53. The minimum absolute atomic E-state index is 0.0109. The van der Waals surface area contributed by atoms with Crippen LogP contribution in [0.25, 0.3) is 0 Å². The maximum Gasteiger partial charge on any atom is 0.271 e. The third-order valence-electron chi connectivity index (χ3n) is 4.10. The van der Waals surface area contributed by atoms with Crippen LogP contribution in [0.4, 0.5) is 0 Å². The number of H-pyrrole nitrogens is 1. The third kappa shape index (κ3) is 4.90. The lowest BCUT2D eigenvalue weighted by atomic mass is 10.0. The molecule has 7 nitrogen and oxygen atoms in total. The molecule has 0 aliphatic rings. The lowest BCUT2D eigenvalue weighted by Gasteiger charge is -2.30. The summed E-state index contributed by atoms with van der Waals surface area (Å²) in [4.78, 5) is 25.6. The normalized spacial score (nSPS) is 12.0. The highest BCUT2D eigenvalue weighted by Gasteiger charge is 2.20. The van der Waals surface area contributed by atoms with Crippen LogP contribution in [0.15, 0.2) is 41.2 Å². The minimum Gasteiger partial charge on any atom is -0.497 e. The van der Waals surface area contributed by atoms with Crippen molar-refractivity contribution in [3.63, 3.8) is 0 Å². The van der Waals surface area contributed by atoms with E-state index in [1.54, 1.807) is 7.11 Å². The molecule has 1 aromatic heterocycles. The van der Waals surface area contributed by atoms with Crippen molar-refractivity contribution in [3.05, 3.63) is 58.0 Å². The average molecular weight is 344 g/mol. The molecule has 2 aromatic rings. The second kappa shape index (κ2) is 8.98. The van der Waals surface area contributed by atoms with Gasteiger partial charge in [-0.05, 0) is 36.9 Å². The van der Waals surface area contributed by atoms with E-state index in [-0.39, 0.29) is 23.2 Å². The molecule has 25 heavy (non-hydrogen) atoms. The Morgan fingerprint density at radius 3 is 2.64 bits per heavy atom. The van der Waals surface area contributed by atoms with Gasteiger partial charge in [-0.25, -0.2) is 5.10 Å². The molecular weight excluding hydrogens is 320 g/mol. The van der Waals surface area contributed by atoms with Crippen molar-refractivity contribution in [3.8, 4) is 5.75 Å². The van der Waals surface area contributed by atoms with Gasteiger partial charge >= 0.3 is 0 Å². The highest BCUT2D eigenvalue weighted by Crippen LogP contribution is 2.23. The zero-order chi connectivity index (χ0) is 18.2. The molecule has 0 saturated carbocycles. The van der Waals surface area contributed by atoms with Crippen LogP contribution in [-0.2, 0) is 0 Å². The molecule has 1 aromatic carbocycles. The van der Waals surface area contributed by atoms with Gasteiger partial charge in [0.2, 0.25) is 0 Å². The molecule has 0 fully saturated rings. The number of nitrogens with one attached hydrogen (secondary N) is 2. The van der Waals surface area contributed by atoms with Crippen molar-refractivity contribution >= 4 is 5.91 Å². The summed E-state index contributed by atoms with van der Waals surface area (Å²) in [5.41, 5.74) is 0.912. The van der Waals surface area contributed by atoms with E-state index in [9.17, 15) is 9.59 Å². The summed E-state index contributed by atoms with van der Waals surface area (Å²) >= 11 is 0. The number of carbonyl (C=O) groups is 1. The fourth-order valence-electron chi connectivity index (χ4n) is 2.72. The number of hydrogen-bond donors (Lipinski definition) is 2. The first-order valence-corrected chi connectivity index (χ1v) is 8.31. The highest BCUT2D eigenvalue weighted by molar-refractivity contribution is 5.91.